The van der Waals surface area contributed by atoms with E-state index >= 15 is 0 Å². The number of aromatic nitrogens is 2. The highest BCUT2D eigenvalue weighted by Crippen LogP contribution is 2.35. The molecule has 3 aromatic rings. The van der Waals surface area contributed by atoms with Gasteiger partial charge in [0.2, 0.25) is 5.82 Å². The Bertz CT molecular complexity index is 868. The van der Waals surface area contributed by atoms with Crippen molar-refractivity contribution in [3.8, 4) is 11.4 Å². The Kier molecular flexibility index (Phi) is 4.16. The summed E-state index contributed by atoms with van der Waals surface area (Å²) >= 11 is 0. The van der Waals surface area contributed by atoms with E-state index in [0.29, 0.717) is 23.3 Å². The zero-order chi connectivity index (χ0) is 18.2. The summed E-state index contributed by atoms with van der Waals surface area (Å²) in [6.45, 7) is 3.65. The molecule has 0 fully saturated rings. The molecule has 0 saturated heterocycles. The quantitative estimate of drug-likeness (QED) is 0.758. The van der Waals surface area contributed by atoms with Crippen LogP contribution in [0.4, 0.5) is 13.2 Å². The van der Waals surface area contributed by atoms with Crippen LogP contribution >= 0.6 is 0 Å². The van der Waals surface area contributed by atoms with Gasteiger partial charge >= 0.3 is 12.1 Å². The molecule has 132 valence electrons. The van der Waals surface area contributed by atoms with Gasteiger partial charge in [0.25, 0.3) is 0 Å². The van der Waals surface area contributed by atoms with Crippen LogP contribution in [0.1, 0.15) is 36.1 Å². The minimum absolute atomic E-state index is 0.173. The van der Waals surface area contributed by atoms with E-state index in [2.05, 4.69) is 14.7 Å². The zero-order valence-electron chi connectivity index (χ0n) is 13.5. The summed E-state index contributed by atoms with van der Waals surface area (Å²) < 4.78 is 47.2. The molecule has 0 radical (unpaired) electrons. The van der Waals surface area contributed by atoms with Crippen molar-refractivity contribution in [1.82, 2.24) is 10.1 Å². The fraction of sp³-hybridized carbons (Fsp3) is 0.294. The molecule has 1 N–H and O–H groups in total. The number of alkyl halides is 3. The zero-order valence-corrected chi connectivity index (χ0v) is 13.5. The molecule has 2 heterocycles. The van der Waals surface area contributed by atoms with Gasteiger partial charge in [0.15, 0.2) is 0 Å². The lowest BCUT2D eigenvalue weighted by Gasteiger charge is -2.25. The van der Waals surface area contributed by atoms with Crippen LogP contribution in [0, 0.1) is 6.92 Å². The Hall–Kier alpha value is -2.61. The molecule has 0 aliphatic rings. The van der Waals surface area contributed by atoms with Crippen LogP contribution in [0.2, 0.25) is 0 Å². The summed E-state index contributed by atoms with van der Waals surface area (Å²) in [4.78, 5) is 3.34. The van der Waals surface area contributed by atoms with Crippen LogP contribution in [0.3, 0.4) is 0 Å². The number of benzene rings is 1. The van der Waals surface area contributed by atoms with Gasteiger partial charge in [0, 0.05) is 5.56 Å². The van der Waals surface area contributed by atoms with Gasteiger partial charge < -0.3 is 14.0 Å². The van der Waals surface area contributed by atoms with Gasteiger partial charge in [0.1, 0.15) is 11.4 Å². The maximum Gasteiger partial charge on any atom is 0.471 e. The Balaban J connectivity index is 1.92. The highest BCUT2D eigenvalue weighted by molar-refractivity contribution is 5.55. The molecule has 5 nitrogen and oxygen atoms in total. The van der Waals surface area contributed by atoms with Gasteiger partial charge in [-0.05, 0) is 30.5 Å². The van der Waals surface area contributed by atoms with E-state index in [0.717, 1.165) is 5.56 Å². The van der Waals surface area contributed by atoms with Crippen molar-refractivity contribution >= 4 is 0 Å². The molecule has 3 rings (SSSR count). The van der Waals surface area contributed by atoms with Crippen molar-refractivity contribution in [2.75, 3.05) is 0 Å². The standard InChI is InChI=1S/C17H15F3N2O3/c1-3-16(23,13-8-10(2)9-24-13)12-6-4-11(5-7-12)14-21-15(25-22-14)17(18,19)20/h4-9,23H,3H2,1-2H3. The van der Waals surface area contributed by atoms with Crippen LogP contribution in [-0.4, -0.2) is 15.2 Å². The molecule has 0 spiro atoms. The number of hydrogen-bond acceptors (Lipinski definition) is 5. The Morgan fingerprint density at radius 1 is 1.16 bits per heavy atom. The average Bonchev–Trinajstić information content (AvgIpc) is 3.23. The van der Waals surface area contributed by atoms with Gasteiger partial charge in [-0.15, -0.1) is 0 Å². The molecule has 8 heteroatoms. The molecule has 25 heavy (non-hydrogen) atoms. The van der Waals surface area contributed by atoms with Crippen LogP contribution in [-0.2, 0) is 11.8 Å². The third-order valence-corrected chi connectivity index (χ3v) is 3.94. The normalized spacial score (nSPS) is 14.5. The maximum absolute atomic E-state index is 12.5. The van der Waals surface area contributed by atoms with Crippen molar-refractivity contribution in [3.63, 3.8) is 0 Å². The molecular weight excluding hydrogens is 337 g/mol. The number of halogens is 3. The smallest absolute Gasteiger partial charge is 0.466 e. The fourth-order valence-corrected chi connectivity index (χ4v) is 2.52. The Labute approximate surface area is 141 Å². The number of aryl methyl sites for hydroxylation is 1. The summed E-state index contributed by atoms with van der Waals surface area (Å²) in [7, 11) is 0. The molecule has 0 aliphatic carbocycles. The Morgan fingerprint density at radius 3 is 2.32 bits per heavy atom. The lowest BCUT2D eigenvalue weighted by atomic mass is 9.88. The van der Waals surface area contributed by atoms with Crippen LogP contribution < -0.4 is 0 Å². The van der Waals surface area contributed by atoms with Gasteiger partial charge in [0.05, 0.1) is 6.26 Å². The second kappa shape index (κ2) is 6.03. The lowest BCUT2D eigenvalue weighted by Crippen LogP contribution is -2.25. The second-order valence-corrected chi connectivity index (χ2v) is 5.70. The summed E-state index contributed by atoms with van der Waals surface area (Å²) in [6, 6.07) is 7.99. The van der Waals surface area contributed by atoms with Crippen LogP contribution in [0.5, 0.6) is 0 Å². The van der Waals surface area contributed by atoms with E-state index < -0.39 is 17.7 Å². The number of furan rings is 1. The van der Waals surface area contributed by atoms with Crippen molar-refractivity contribution in [3.05, 3.63) is 59.4 Å². The van der Waals surface area contributed by atoms with Crippen molar-refractivity contribution in [2.45, 2.75) is 32.0 Å². The molecular formula is C17H15F3N2O3. The minimum Gasteiger partial charge on any atom is -0.466 e. The monoisotopic (exact) mass is 352 g/mol. The highest BCUT2D eigenvalue weighted by atomic mass is 19.4. The van der Waals surface area contributed by atoms with E-state index in [9.17, 15) is 18.3 Å². The molecule has 0 amide bonds. The fourth-order valence-electron chi connectivity index (χ4n) is 2.52. The predicted octanol–water partition coefficient (Wildman–Crippen LogP) is 4.30. The highest BCUT2D eigenvalue weighted by Gasteiger charge is 2.38. The first kappa shape index (κ1) is 17.2. The van der Waals surface area contributed by atoms with Gasteiger partial charge in [-0.2, -0.15) is 18.2 Å². The molecule has 1 unspecified atom stereocenters. The van der Waals surface area contributed by atoms with Crippen molar-refractivity contribution in [1.29, 1.82) is 0 Å². The third-order valence-electron chi connectivity index (χ3n) is 3.94. The maximum atomic E-state index is 12.5. The van der Waals surface area contributed by atoms with E-state index in [1.807, 2.05) is 6.92 Å². The molecule has 0 bridgehead atoms. The van der Waals surface area contributed by atoms with Gasteiger partial charge in [-0.3, -0.25) is 0 Å². The largest absolute Gasteiger partial charge is 0.471 e. The van der Waals surface area contributed by atoms with Crippen molar-refractivity contribution < 1.29 is 27.2 Å². The topological polar surface area (TPSA) is 72.3 Å². The number of aliphatic hydroxyl groups is 1. The number of rotatable bonds is 4. The SMILES string of the molecule is CCC(O)(c1ccc(-c2noc(C(F)(F)F)n2)cc1)c1cc(C)co1. The lowest BCUT2D eigenvalue weighted by molar-refractivity contribution is -0.159. The first-order valence-corrected chi connectivity index (χ1v) is 7.54. The molecule has 0 saturated carbocycles. The molecule has 2 aromatic heterocycles. The summed E-state index contributed by atoms with van der Waals surface area (Å²) in [5.41, 5.74) is 0.441. The first-order chi connectivity index (χ1) is 11.7. The van der Waals surface area contributed by atoms with E-state index in [1.54, 1.807) is 31.4 Å². The first-order valence-electron chi connectivity index (χ1n) is 7.54. The van der Waals surface area contributed by atoms with Crippen LogP contribution in [0.25, 0.3) is 11.4 Å². The van der Waals surface area contributed by atoms with E-state index in [-0.39, 0.29) is 5.82 Å². The molecule has 1 aromatic carbocycles. The minimum atomic E-state index is -4.69. The number of hydrogen-bond donors (Lipinski definition) is 1. The van der Waals surface area contributed by atoms with Gasteiger partial charge in [-0.1, -0.05) is 36.3 Å². The summed E-state index contributed by atoms with van der Waals surface area (Å²) in [5, 5.41) is 14.3. The summed E-state index contributed by atoms with van der Waals surface area (Å²) in [6.07, 6.45) is -2.78. The average molecular weight is 352 g/mol. The predicted molar refractivity (Wildman–Crippen MR) is 81.5 cm³/mol. The molecule has 1 atom stereocenters. The third kappa shape index (κ3) is 3.17. The van der Waals surface area contributed by atoms with E-state index in [1.165, 1.54) is 12.1 Å². The van der Waals surface area contributed by atoms with Gasteiger partial charge in [-0.25, -0.2) is 0 Å². The number of nitrogens with zero attached hydrogens (tertiary/aromatic N) is 2. The Morgan fingerprint density at radius 2 is 1.84 bits per heavy atom. The van der Waals surface area contributed by atoms with Crippen molar-refractivity contribution in [2.24, 2.45) is 0 Å². The molecule has 0 aliphatic heterocycles. The summed E-state index contributed by atoms with van der Waals surface area (Å²) in [5.74, 6) is -1.17. The van der Waals surface area contributed by atoms with E-state index in [4.69, 9.17) is 4.42 Å². The second-order valence-electron chi connectivity index (χ2n) is 5.70. The van der Waals surface area contributed by atoms with Crippen LogP contribution in [0.15, 0.2) is 45.5 Å².